The lowest BCUT2D eigenvalue weighted by Gasteiger charge is -2.21. The lowest BCUT2D eigenvalue weighted by atomic mass is 9.96. The van der Waals surface area contributed by atoms with Gasteiger partial charge in [0.2, 0.25) is 0 Å². The van der Waals surface area contributed by atoms with Crippen molar-refractivity contribution in [3.8, 4) is 11.4 Å². The van der Waals surface area contributed by atoms with Crippen molar-refractivity contribution < 1.29 is 0 Å². The van der Waals surface area contributed by atoms with Gasteiger partial charge in [-0.3, -0.25) is 9.59 Å². The van der Waals surface area contributed by atoms with Crippen LogP contribution in [0.1, 0.15) is 72.2 Å². The molecule has 2 heterocycles. The molecule has 0 atom stereocenters. The minimum atomic E-state index is -0.00465. The molecule has 5 aromatic carbocycles. The van der Waals surface area contributed by atoms with E-state index in [1.165, 1.54) is 22.3 Å². The minimum Gasteiger partial charge on any atom is -0.309 e. The van der Waals surface area contributed by atoms with Gasteiger partial charge in [-0.2, -0.15) is 0 Å². The maximum absolute atomic E-state index is 14.7. The van der Waals surface area contributed by atoms with Gasteiger partial charge in [-0.15, -0.1) is 0 Å². The van der Waals surface area contributed by atoms with Gasteiger partial charge in [-0.05, 0) is 159 Å². The largest absolute Gasteiger partial charge is 0.309 e. The molecule has 0 saturated heterocycles. The van der Waals surface area contributed by atoms with Crippen molar-refractivity contribution in [2.75, 3.05) is 0 Å². The Bertz CT molecular complexity index is 2360. The molecule has 7 aromatic rings. The fraction of sp³-hybridized carbons (Fsp3) is 0.273. The van der Waals surface area contributed by atoms with Crippen LogP contribution < -0.4 is 10.9 Å². The van der Waals surface area contributed by atoms with E-state index in [9.17, 15) is 9.59 Å². The number of hydrogen-bond acceptors (Lipinski definition) is 2. The van der Waals surface area contributed by atoms with Gasteiger partial charge in [0.05, 0.1) is 22.1 Å². The summed E-state index contributed by atoms with van der Waals surface area (Å²) in [6, 6.07) is 25.6. The van der Waals surface area contributed by atoms with Crippen molar-refractivity contribution in [3.63, 3.8) is 0 Å². The summed E-state index contributed by atoms with van der Waals surface area (Å²) in [5, 5.41) is 2.63. The van der Waals surface area contributed by atoms with E-state index in [0.29, 0.717) is 21.5 Å². The highest BCUT2D eigenvalue weighted by Gasteiger charge is 2.21. The highest BCUT2D eigenvalue weighted by Crippen LogP contribution is 2.33. The first-order valence-corrected chi connectivity index (χ1v) is 17.4. The predicted octanol–water partition coefficient (Wildman–Crippen LogP) is 10.1. The Labute approximate surface area is 282 Å². The molecule has 0 N–H and O–H groups in total. The number of hydrogen-bond donors (Lipinski definition) is 0. The number of aryl methyl sites for hydroxylation is 8. The maximum Gasteiger partial charge on any atom is 0.197 e. The molecule has 0 saturated carbocycles. The highest BCUT2D eigenvalue weighted by molar-refractivity contribution is 6.05. The van der Waals surface area contributed by atoms with Gasteiger partial charge in [0.1, 0.15) is 0 Å². The number of benzene rings is 5. The average Bonchev–Trinajstić information content (AvgIpc) is 3.06. The molecule has 242 valence electrons. The Morgan fingerprint density at radius 2 is 0.646 bits per heavy atom. The van der Waals surface area contributed by atoms with E-state index in [1.54, 1.807) is 0 Å². The van der Waals surface area contributed by atoms with Gasteiger partial charge in [0.15, 0.2) is 10.9 Å². The van der Waals surface area contributed by atoms with E-state index in [4.69, 9.17) is 0 Å². The molecule has 0 aliphatic rings. The van der Waals surface area contributed by atoms with Crippen molar-refractivity contribution in [1.29, 1.82) is 0 Å². The van der Waals surface area contributed by atoms with Crippen molar-refractivity contribution in [1.82, 2.24) is 9.13 Å². The van der Waals surface area contributed by atoms with Crippen LogP contribution in [0.15, 0.2) is 82.4 Å². The monoisotopic (exact) mass is 632 g/mol. The highest BCUT2D eigenvalue weighted by atomic mass is 16.1. The Kier molecular flexibility index (Phi) is 7.86. The second-order valence-electron chi connectivity index (χ2n) is 13.6. The van der Waals surface area contributed by atoms with Gasteiger partial charge in [0, 0.05) is 32.9 Å². The first-order valence-electron chi connectivity index (χ1n) is 17.4. The number of aromatic nitrogens is 2. The quantitative estimate of drug-likeness (QED) is 0.171. The fourth-order valence-corrected chi connectivity index (χ4v) is 7.98. The Morgan fingerprint density at radius 1 is 0.375 bits per heavy atom. The Balaban J connectivity index is 1.77. The van der Waals surface area contributed by atoms with E-state index in [2.05, 4.69) is 125 Å². The molecule has 0 unspecified atom stereocenters. The molecular weight excluding hydrogens is 588 g/mol. The molecule has 0 fully saturated rings. The van der Waals surface area contributed by atoms with Gasteiger partial charge in [-0.1, -0.05) is 39.8 Å². The lowest BCUT2D eigenvalue weighted by molar-refractivity contribution is 1.03. The summed E-state index contributed by atoms with van der Waals surface area (Å²) < 4.78 is 4.43. The van der Waals surface area contributed by atoms with E-state index < -0.39 is 0 Å². The molecule has 0 spiro atoms. The smallest absolute Gasteiger partial charge is 0.197 e. The summed E-state index contributed by atoms with van der Waals surface area (Å²) in [4.78, 5) is 29.4. The number of nitrogens with zero attached hydrogens (tertiary/aromatic N) is 2. The molecular formula is C44H44N2O2. The van der Waals surface area contributed by atoms with Crippen LogP contribution in [0.3, 0.4) is 0 Å². The summed E-state index contributed by atoms with van der Waals surface area (Å²) in [5.74, 6) is 0. The molecule has 48 heavy (non-hydrogen) atoms. The lowest BCUT2D eigenvalue weighted by Crippen LogP contribution is -2.16. The standard InChI is InChI=1S/C44H44N2O2/c1-9-29-19-35-39(21-31(29)11-3)45(33-15-25(5)13-26(6)16-33)41-24-38-42(23-37(41)43(35)47)46(34-17-27(7)14-28(8)18-34)40-22-32(12-4)30(10-2)20-36(40)44(38)48/h13-24H,9-12H2,1-8H3. The Morgan fingerprint density at radius 3 is 0.958 bits per heavy atom. The molecule has 2 aromatic heterocycles. The fourth-order valence-electron chi connectivity index (χ4n) is 7.98. The zero-order valence-corrected chi connectivity index (χ0v) is 29.5. The molecule has 4 nitrogen and oxygen atoms in total. The van der Waals surface area contributed by atoms with Crippen LogP contribution >= 0.6 is 0 Å². The van der Waals surface area contributed by atoms with Gasteiger partial charge in [0.25, 0.3) is 0 Å². The topological polar surface area (TPSA) is 44.0 Å². The summed E-state index contributed by atoms with van der Waals surface area (Å²) >= 11 is 0. The molecule has 0 aliphatic carbocycles. The third kappa shape index (κ3) is 4.97. The number of pyridine rings is 2. The third-order valence-electron chi connectivity index (χ3n) is 10.1. The SMILES string of the molecule is CCc1cc2c(=O)c3cc4c(cc3n(-c3cc(C)cc(C)c3)c2cc1CC)c(=O)c1cc(CC)c(CC)cc1n4-c1cc(C)cc(C)c1. The molecule has 7 rings (SSSR count). The minimum absolute atomic E-state index is 0.00465. The van der Waals surface area contributed by atoms with E-state index in [-0.39, 0.29) is 10.9 Å². The van der Waals surface area contributed by atoms with Crippen molar-refractivity contribution >= 4 is 43.6 Å². The number of fused-ring (bicyclic) bond motifs is 4. The second kappa shape index (κ2) is 11.9. The predicted molar refractivity (Wildman–Crippen MR) is 204 cm³/mol. The van der Waals surface area contributed by atoms with E-state index >= 15 is 0 Å². The molecule has 0 bridgehead atoms. The van der Waals surface area contributed by atoms with Crippen LogP contribution in [0.5, 0.6) is 0 Å². The summed E-state index contributed by atoms with van der Waals surface area (Å²) in [5.41, 5.74) is 14.7. The van der Waals surface area contributed by atoms with Crippen LogP contribution in [0.4, 0.5) is 0 Å². The first-order chi connectivity index (χ1) is 23.1. The van der Waals surface area contributed by atoms with Crippen LogP contribution in [-0.2, 0) is 25.7 Å². The van der Waals surface area contributed by atoms with Crippen LogP contribution in [-0.4, -0.2) is 9.13 Å². The van der Waals surface area contributed by atoms with Crippen molar-refractivity contribution in [2.24, 2.45) is 0 Å². The zero-order valence-electron chi connectivity index (χ0n) is 29.5. The van der Waals surface area contributed by atoms with Gasteiger partial charge >= 0.3 is 0 Å². The van der Waals surface area contributed by atoms with Gasteiger partial charge in [-0.25, -0.2) is 0 Å². The summed E-state index contributed by atoms with van der Waals surface area (Å²) in [6.45, 7) is 17.1. The normalized spacial score (nSPS) is 11.8. The van der Waals surface area contributed by atoms with Crippen LogP contribution in [0, 0.1) is 27.7 Å². The molecule has 0 amide bonds. The first kappa shape index (κ1) is 31.6. The third-order valence-corrected chi connectivity index (χ3v) is 10.1. The number of rotatable bonds is 6. The van der Waals surface area contributed by atoms with Gasteiger partial charge < -0.3 is 9.13 Å². The van der Waals surface area contributed by atoms with Crippen LogP contribution in [0.25, 0.3) is 55.0 Å². The average molecular weight is 633 g/mol. The maximum atomic E-state index is 14.7. The second-order valence-corrected chi connectivity index (χ2v) is 13.6. The Hall–Kier alpha value is -4.96. The van der Waals surface area contributed by atoms with Crippen molar-refractivity contribution in [2.45, 2.75) is 81.1 Å². The van der Waals surface area contributed by atoms with Crippen molar-refractivity contribution in [3.05, 3.63) is 138 Å². The molecule has 4 heteroatoms. The van der Waals surface area contributed by atoms with Crippen LogP contribution in [0.2, 0.25) is 0 Å². The summed E-state index contributed by atoms with van der Waals surface area (Å²) in [6.07, 6.45) is 3.47. The molecule has 0 radical (unpaired) electrons. The zero-order chi connectivity index (χ0) is 34.0. The van der Waals surface area contributed by atoms with E-state index in [1.807, 2.05) is 12.1 Å². The van der Waals surface area contributed by atoms with E-state index in [0.717, 1.165) is 81.4 Å². The summed E-state index contributed by atoms with van der Waals surface area (Å²) in [7, 11) is 0. The molecule has 0 aliphatic heterocycles.